The molecule has 2 heterocycles. The Bertz CT molecular complexity index is 648. The molecule has 2 aliphatic rings. The summed E-state index contributed by atoms with van der Waals surface area (Å²) in [6.07, 6.45) is 3.51. The number of aliphatic hydroxyl groups is 1. The molecule has 3 rings (SSSR count). The molecule has 2 atom stereocenters. The van der Waals surface area contributed by atoms with Gasteiger partial charge >= 0.3 is 5.97 Å². The Morgan fingerprint density at radius 3 is 2.61 bits per heavy atom. The van der Waals surface area contributed by atoms with Gasteiger partial charge in [-0.1, -0.05) is 12.5 Å². The van der Waals surface area contributed by atoms with Crippen molar-refractivity contribution in [2.24, 2.45) is 5.92 Å². The van der Waals surface area contributed by atoms with Crippen LogP contribution < -0.4 is 9.47 Å². The normalized spacial score (nSPS) is 24.1. The molecule has 156 valence electrons. The lowest BCUT2D eigenvalue weighted by Crippen LogP contribution is -2.46. The van der Waals surface area contributed by atoms with E-state index in [0.29, 0.717) is 38.4 Å². The van der Waals surface area contributed by atoms with Crippen molar-refractivity contribution in [3.8, 4) is 11.5 Å². The first-order valence-electron chi connectivity index (χ1n) is 10.2. The van der Waals surface area contributed by atoms with Crippen LogP contribution in [-0.2, 0) is 11.3 Å². The molecule has 2 N–H and O–H groups in total. The third-order valence-corrected chi connectivity index (χ3v) is 5.73. The fourth-order valence-corrected chi connectivity index (χ4v) is 4.08. The van der Waals surface area contributed by atoms with Gasteiger partial charge in [0.15, 0.2) is 11.5 Å². The topological polar surface area (TPSA) is 82.5 Å². The van der Waals surface area contributed by atoms with Crippen molar-refractivity contribution in [2.45, 2.75) is 38.3 Å². The van der Waals surface area contributed by atoms with Crippen LogP contribution in [0.3, 0.4) is 0 Å². The summed E-state index contributed by atoms with van der Waals surface area (Å²) in [5, 5.41) is 19.2. The van der Waals surface area contributed by atoms with Crippen molar-refractivity contribution in [3.05, 3.63) is 23.8 Å². The molecule has 0 saturated carbocycles. The number of likely N-dealkylation sites (tertiary alicyclic amines) is 2. The lowest BCUT2D eigenvalue weighted by molar-refractivity contribution is -0.148. The van der Waals surface area contributed by atoms with Crippen LogP contribution in [0, 0.1) is 5.92 Å². The summed E-state index contributed by atoms with van der Waals surface area (Å²) in [5.74, 6) is -0.133. The molecule has 2 saturated heterocycles. The van der Waals surface area contributed by atoms with E-state index < -0.39 is 18.0 Å². The first-order valence-corrected chi connectivity index (χ1v) is 10.2. The number of piperidine rings is 2. The van der Waals surface area contributed by atoms with Gasteiger partial charge in [-0.15, -0.1) is 0 Å². The van der Waals surface area contributed by atoms with E-state index in [0.717, 1.165) is 30.9 Å². The van der Waals surface area contributed by atoms with Gasteiger partial charge in [0.1, 0.15) is 6.61 Å². The zero-order valence-corrected chi connectivity index (χ0v) is 16.7. The molecule has 0 radical (unpaired) electrons. The SMILES string of the molecule is COc1cc(CN2CC[C@H](C(=O)O)[C@H](O)C2)ccc1OCCN1CCCCC1. The van der Waals surface area contributed by atoms with E-state index in [4.69, 9.17) is 14.6 Å². The Morgan fingerprint density at radius 1 is 1.14 bits per heavy atom. The number of β-amino-alcohol motifs (C(OH)–C–C–N with tert-alkyl or cyclic N) is 1. The highest BCUT2D eigenvalue weighted by molar-refractivity contribution is 5.70. The van der Waals surface area contributed by atoms with Crippen molar-refractivity contribution in [2.75, 3.05) is 46.4 Å². The Balaban J connectivity index is 1.52. The Hall–Kier alpha value is -1.83. The number of hydrogen-bond acceptors (Lipinski definition) is 6. The predicted octanol–water partition coefficient (Wildman–Crippen LogP) is 1.83. The number of aliphatic carboxylic acids is 1. The van der Waals surface area contributed by atoms with E-state index in [2.05, 4.69) is 9.80 Å². The minimum Gasteiger partial charge on any atom is -0.493 e. The number of aliphatic hydroxyl groups excluding tert-OH is 1. The van der Waals surface area contributed by atoms with Gasteiger partial charge in [-0.2, -0.15) is 0 Å². The third-order valence-electron chi connectivity index (χ3n) is 5.73. The summed E-state index contributed by atoms with van der Waals surface area (Å²) in [6.45, 7) is 5.56. The molecular weight excluding hydrogens is 360 g/mol. The third kappa shape index (κ3) is 5.59. The molecule has 0 bridgehead atoms. The number of carbonyl (C=O) groups is 1. The molecule has 0 spiro atoms. The summed E-state index contributed by atoms with van der Waals surface area (Å²) < 4.78 is 11.5. The van der Waals surface area contributed by atoms with Gasteiger partial charge < -0.3 is 19.7 Å². The number of carboxylic acid groups (broad SMARTS) is 1. The van der Waals surface area contributed by atoms with E-state index in [1.54, 1.807) is 7.11 Å². The fourth-order valence-electron chi connectivity index (χ4n) is 4.08. The van der Waals surface area contributed by atoms with Crippen LogP contribution in [0.25, 0.3) is 0 Å². The van der Waals surface area contributed by atoms with Crippen LogP contribution >= 0.6 is 0 Å². The highest BCUT2D eigenvalue weighted by Gasteiger charge is 2.32. The second-order valence-electron chi connectivity index (χ2n) is 7.77. The van der Waals surface area contributed by atoms with Gasteiger partial charge in [-0.25, -0.2) is 0 Å². The number of rotatable bonds is 8. The van der Waals surface area contributed by atoms with Crippen LogP contribution in [-0.4, -0.2) is 78.5 Å². The van der Waals surface area contributed by atoms with Gasteiger partial charge in [0.2, 0.25) is 0 Å². The minimum atomic E-state index is -0.917. The monoisotopic (exact) mass is 392 g/mol. The van der Waals surface area contributed by atoms with Crippen molar-refractivity contribution in [1.29, 1.82) is 0 Å². The van der Waals surface area contributed by atoms with E-state index in [1.807, 2.05) is 18.2 Å². The lowest BCUT2D eigenvalue weighted by atomic mass is 9.94. The maximum atomic E-state index is 11.1. The molecule has 1 aromatic carbocycles. The van der Waals surface area contributed by atoms with E-state index >= 15 is 0 Å². The number of carboxylic acids is 1. The lowest BCUT2D eigenvalue weighted by Gasteiger charge is -2.34. The molecule has 2 fully saturated rings. The van der Waals surface area contributed by atoms with E-state index in [1.165, 1.54) is 19.3 Å². The number of methoxy groups -OCH3 is 1. The maximum absolute atomic E-state index is 11.1. The summed E-state index contributed by atoms with van der Waals surface area (Å²) in [7, 11) is 1.64. The standard InChI is InChI=1S/C21H32N2O5/c1-27-20-13-16(14-23-10-7-17(21(25)26)18(24)15-23)5-6-19(20)28-12-11-22-8-3-2-4-9-22/h5-6,13,17-18,24H,2-4,7-12,14-15H2,1H3,(H,25,26)/t17-,18+/m0/s1. The highest BCUT2D eigenvalue weighted by atomic mass is 16.5. The summed E-state index contributed by atoms with van der Waals surface area (Å²) in [4.78, 5) is 15.6. The summed E-state index contributed by atoms with van der Waals surface area (Å²) >= 11 is 0. The molecule has 28 heavy (non-hydrogen) atoms. The van der Waals surface area contributed by atoms with Gasteiger partial charge in [-0.05, 0) is 56.6 Å². The smallest absolute Gasteiger partial charge is 0.309 e. The van der Waals surface area contributed by atoms with Crippen LogP contribution in [0.4, 0.5) is 0 Å². The minimum absolute atomic E-state index is 0.368. The van der Waals surface area contributed by atoms with Gasteiger partial charge in [0, 0.05) is 19.6 Å². The second kappa shape index (κ2) is 10.1. The zero-order valence-electron chi connectivity index (χ0n) is 16.7. The second-order valence-corrected chi connectivity index (χ2v) is 7.77. The van der Waals surface area contributed by atoms with Crippen molar-refractivity contribution in [1.82, 2.24) is 9.80 Å². The van der Waals surface area contributed by atoms with Crippen LogP contribution in [0.15, 0.2) is 18.2 Å². The zero-order chi connectivity index (χ0) is 19.9. The summed E-state index contributed by atoms with van der Waals surface area (Å²) in [6, 6.07) is 5.91. The molecule has 0 amide bonds. The average molecular weight is 392 g/mol. The van der Waals surface area contributed by atoms with Crippen molar-refractivity contribution < 1.29 is 24.5 Å². The first-order chi connectivity index (χ1) is 13.6. The number of nitrogens with zero attached hydrogens (tertiary/aromatic N) is 2. The van der Waals surface area contributed by atoms with Gasteiger partial charge in [-0.3, -0.25) is 14.6 Å². The molecule has 2 aliphatic heterocycles. The van der Waals surface area contributed by atoms with E-state index in [-0.39, 0.29) is 0 Å². The molecular formula is C21H32N2O5. The number of ether oxygens (including phenoxy) is 2. The summed E-state index contributed by atoms with van der Waals surface area (Å²) in [5.41, 5.74) is 1.06. The van der Waals surface area contributed by atoms with E-state index in [9.17, 15) is 9.90 Å². The van der Waals surface area contributed by atoms with Crippen molar-refractivity contribution in [3.63, 3.8) is 0 Å². The Morgan fingerprint density at radius 2 is 1.93 bits per heavy atom. The fraction of sp³-hybridized carbons (Fsp3) is 0.667. The predicted molar refractivity (Wildman–Crippen MR) is 106 cm³/mol. The molecule has 0 aliphatic carbocycles. The average Bonchev–Trinajstić information content (AvgIpc) is 2.69. The van der Waals surface area contributed by atoms with Crippen LogP contribution in [0.2, 0.25) is 0 Å². The molecule has 7 nitrogen and oxygen atoms in total. The Labute approximate surface area is 166 Å². The molecule has 0 unspecified atom stereocenters. The van der Waals surface area contributed by atoms with Crippen LogP contribution in [0.5, 0.6) is 11.5 Å². The highest BCUT2D eigenvalue weighted by Crippen LogP contribution is 2.29. The number of hydrogen-bond donors (Lipinski definition) is 2. The number of benzene rings is 1. The van der Waals surface area contributed by atoms with Crippen LogP contribution in [0.1, 0.15) is 31.2 Å². The largest absolute Gasteiger partial charge is 0.493 e. The first kappa shape index (κ1) is 20.9. The maximum Gasteiger partial charge on any atom is 0.309 e. The molecule has 7 heteroatoms. The quantitative estimate of drug-likeness (QED) is 0.698. The van der Waals surface area contributed by atoms with Gasteiger partial charge in [0.25, 0.3) is 0 Å². The molecule has 1 aromatic rings. The van der Waals surface area contributed by atoms with Crippen molar-refractivity contribution >= 4 is 5.97 Å². The molecule has 0 aromatic heterocycles. The van der Waals surface area contributed by atoms with Gasteiger partial charge in [0.05, 0.1) is 19.1 Å². The Kier molecular flexibility index (Phi) is 7.53.